The summed E-state index contributed by atoms with van der Waals surface area (Å²) in [5, 5.41) is 13.4. The highest BCUT2D eigenvalue weighted by molar-refractivity contribution is 5.69. The van der Waals surface area contributed by atoms with Crippen LogP contribution < -0.4 is 5.32 Å². The quantitative estimate of drug-likeness (QED) is 0.764. The lowest BCUT2D eigenvalue weighted by molar-refractivity contribution is -0.00581. The van der Waals surface area contributed by atoms with Gasteiger partial charge in [-0.2, -0.15) is 0 Å². The standard InChI is InChI=1S/C23H37N3O3/c1-17(20-15-26(16-20)22(28)29-23(2,3)4)24-13-18-7-5-6-8-19(18)14-25-11-9-21(27)10-12-25/h5-8,17,20-21,24,27H,9-16H2,1-4H3/t17-/m0/s1. The predicted molar refractivity (Wildman–Crippen MR) is 115 cm³/mol. The summed E-state index contributed by atoms with van der Waals surface area (Å²) in [5.74, 6) is 0.457. The SMILES string of the molecule is C[C@H](NCc1ccccc1CN1CCC(O)CC1)C1CN(C(=O)OC(C)(C)C)C1. The summed E-state index contributed by atoms with van der Waals surface area (Å²) < 4.78 is 5.44. The minimum atomic E-state index is -0.442. The molecule has 2 aliphatic heterocycles. The van der Waals surface area contributed by atoms with E-state index < -0.39 is 5.60 Å². The number of carbonyl (C=O) groups is 1. The fourth-order valence-electron chi connectivity index (χ4n) is 3.94. The van der Waals surface area contributed by atoms with E-state index in [9.17, 15) is 9.90 Å². The van der Waals surface area contributed by atoms with Gasteiger partial charge in [0, 0.05) is 51.2 Å². The van der Waals surface area contributed by atoms with Crippen molar-refractivity contribution >= 4 is 6.09 Å². The Morgan fingerprint density at radius 1 is 1.21 bits per heavy atom. The van der Waals surface area contributed by atoms with E-state index in [2.05, 4.69) is 41.4 Å². The van der Waals surface area contributed by atoms with Gasteiger partial charge in [0.2, 0.25) is 0 Å². The molecule has 0 aliphatic carbocycles. The molecule has 6 nitrogen and oxygen atoms in total. The fourth-order valence-corrected chi connectivity index (χ4v) is 3.94. The van der Waals surface area contributed by atoms with Crippen LogP contribution in [0, 0.1) is 5.92 Å². The zero-order valence-electron chi connectivity index (χ0n) is 18.4. The number of ether oxygens (including phenoxy) is 1. The molecular weight excluding hydrogens is 366 g/mol. The van der Waals surface area contributed by atoms with Crippen LogP contribution >= 0.6 is 0 Å². The number of hydrogen-bond donors (Lipinski definition) is 2. The third kappa shape index (κ3) is 6.43. The number of rotatable bonds is 6. The van der Waals surface area contributed by atoms with Gasteiger partial charge in [0.1, 0.15) is 5.60 Å². The highest BCUT2D eigenvalue weighted by atomic mass is 16.6. The van der Waals surface area contributed by atoms with Crippen molar-refractivity contribution in [1.82, 2.24) is 15.1 Å². The van der Waals surface area contributed by atoms with Gasteiger partial charge in [0.25, 0.3) is 0 Å². The van der Waals surface area contributed by atoms with E-state index in [1.54, 1.807) is 4.90 Å². The highest BCUT2D eigenvalue weighted by Crippen LogP contribution is 2.23. The van der Waals surface area contributed by atoms with Crippen LogP contribution in [0.2, 0.25) is 0 Å². The fraction of sp³-hybridized carbons (Fsp3) is 0.696. The van der Waals surface area contributed by atoms with E-state index in [1.807, 2.05) is 20.8 Å². The Hall–Kier alpha value is -1.63. The molecule has 2 N–H and O–H groups in total. The first-order valence-electron chi connectivity index (χ1n) is 10.9. The van der Waals surface area contributed by atoms with Gasteiger partial charge in [0.15, 0.2) is 0 Å². The normalized spacial score (nSPS) is 20.4. The number of benzene rings is 1. The van der Waals surface area contributed by atoms with Crippen molar-refractivity contribution in [3.05, 3.63) is 35.4 Å². The molecule has 0 aromatic heterocycles. The lowest BCUT2D eigenvalue weighted by Crippen LogP contribution is -2.57. The van der Waals surface area contributed by atoms with Gasteiger partial charge < -0.3 is 20.1 Å². The van der Waals surface area contributed by atoms with Gasteiger partial charge in [-0.05, 0) is 51.7 Å². The highest BCUT2D eigenvalue weighted by Gasteiger charge is 2.36. The van der Waals surface area contributed by atoms with E-state index in [4.69, 9.17) is 4.74 Å². The minimum Gasteiger partial charge on any atom is -0.444 e. The lowest BCUT2D eigenvalue weighted by atomic mass is 9.92. The summed E-state index contributed by atoms with van der Waals surface area (Å²) >= 11 is 0. The van der Waals surface area contributed by atoms with Crippen LogP contribution in [0.1, 0.15) is 51.7 Å². The summed E-state index contributed by atoms with van der Waals surface area (Å²) in [6.45, 7) is 13.1. The van der Waals surface area contributed by atoms with Gasteiger partial charge in [0.05, 0.1) is 6.10 Å². The molecule has 29 heavy (non-hydrogen) atoms. The summed E-state index contributed by atoms with van der Waals surface area (Å²) in [7, 11) is 0. The summed E-state index contributed by atoms with van der Waals surface area (Å²) in [4.78, 5) is 16.3. The Morgan fingerprint density at radius 3 is 2.45 bits per heavy atom. The van der Waals surface area contributed by atoms with Crippen molar-refractivity contribution in [2.75, 3.05) is 26.2 Å². The molecule has 1 amide bonds. The number of aliphatic hydroxyl groups excluding tert-OH is 1. The maximum absolute atomic E-state index is 12.1. The van der Waals surface area contributed by atoms with E-state index in [0.717, 1.165) is 52.1 Å². The molecular formula is C23H37N3O3. The number of nitrogens with zero attached hydrogens (tertiary/aromatic N) is 2. The number of aliphatic hydroxyl groups is 1. The topological polar surface area (TPSA) is 65.0 Å². The molecule has 2 aliphatic rings. The molecule has 2 fully saturated rings. The molecule has 3 rings (SSSR count). The predicted octanol–water partition coefficient (Wildman–Crippen LogP) is 2.99. The molecule has 0 radical (unpaired) electrons. The first kappa shape index (κ1) is 22.1. The van der Waals surface area contributed by atoms with Crippen LogP contribution in [0.4, 0.5) is 4.79 Å². The molecule has 0 saturated carbocycles. The third-order valence-corrected chi connectivity index (χ3v) is 5.95. The smallest absolute Gasteiger partial charge is 0.410 e. The monoisotopic (exact) mass is 403 g/mol. The van der Waals surface area contributed by atoms with Gasteiger partial charge in [-0.3, -0.25) is 4.90 Å². The molecule has 1 aromatic carbocycles. The Balaban J connectivity index is 1.45. The average molecular weight is 404 g/mol. The number of likely N-dealkylation sites (tertiary alicyclic amines) is 2. The van der Waals surface area contributed by atoms with Crippen molar-refractivity contribution in [2.45, 2.75) is 71.4 Å². The number of amides is 1. The van der Waals surface area contributed by atoms with Gasteiger partial charge in [-0.25, -0.2) is 4.79 Å². The molecule has 1 atom stereocenters. The average Bonchev–Trinajstić information content (AvgIpc) is 2.60. The van der Waals surface area contributed by atoms with Crippen molar-refractivity contribution in [2.24, 2.45) is 5.92 Å². The molecule has 1 aromatic rings. The third-order valence-electron chi connectivity index (χ3n) is 5.95. The second-order valence-corrected chi connectivity index (χ2v) is 9.59. The molecule has 2 saturated heterocycles. The van der Waals surface area contributed by atoms with Crippen molar-refractivity contribution in [3.63, 3.8) is 0 Å². The van der Waals surface area contributed by atoms with Crippen molar-refractivity contribution < 1.29 is 14.6 Å². The minimum absolute atomic E-state index is 0.133. The van der Waals surface area contributed by atoms with Crippen LogP contribution in [-0.4, -0.2) is 64.9 Å². The van der Waals surface area contributed by atoms with Crippen LogP contribution in [0.5, 0.6) is 0 Å². The van der Waals surface area contributed by atoms with Gasteiger partial charge in [-0.1, -0.05) is 24.3 Å². The molecule has 0 unspecified atom stereocenters. The second kappa shape index (κ2) is 9.45. The molecule has 0 spiro atoms. The van der Waals surface area contributed by atoms with E-state index in [-0.39, 0.29) is 12.2 Å². The molecule has 162 valence electrons. The summed E-state index contributed by atoms with van der Waals surface area (Å²) in [5.41, 5.74) is 2.24. The first-order chi connectivity index (χ1) is 13.7. The van der Waals surface area contributed by atoms with Crippen molar-refractivity contribution in [1.29, 1.82) is 0 Å². The maximum atomic E-state index is 12.1. The molecule has 6 heteroatoms. The second-order valence-electron chi connectivity index (χ2n) is 9.59. The van der Waals surface area contributed by atoms with E-state index in [0.29, 0.717) is 12.0 Å². The molecule has 0 bridgehead atoms. The maximum Gasteiger partial charge on any atom is 0.410 e. The zero-order chi connectivity index (χ0) is 21.0. The largest absolute Gasteiger partial charge is 0.444 e. The number of hydrogen-bond acceptors (Lipinski definition) is 5. The lowest BCUT2D eigenvalue weighted by Gasteiger charge is -2.42. The van der Waals surface area contributed by atoms with Crippen LogP contribution in [0.15, 0.2) is 24.3 Å². The van der Waals surface area contributed by atoms with E-state index >= 15 is 0 Å². The number of nitrogens with one attached hydrogen (secondary N) is 1. The summed E-state index contributed by atoms with van der Waals surface area (Å²) in [6, 6.07) is 8.94. The zero-order valence-corrected chi connectivity index (χ0v) is 18.4. The Labute approximate surface area is 175 Å². The number of piperidine rings is 1. The van der Waals surface area contributed by atoms with Crippen LogP contribution in [0.3, 0.4) is 0 Å². The van der Waals surface area contributed by atoms with Gasteiger partial charge >= 0.3 is 6.09 Å². The Morgan fingerprint density at radius 2 is 1.83 bits per heavy atom. The summed E-state index contributed by atoms with van der Waals surface area (Å²) in [6.07, 6.45) is 1.39. The van der Waals surface area contributed by atoms with Crippen molar-refractivity contribution in [3.8, 4) is 0 Å². The van der Waals surface area contributed by atoms with Crippen LogP contribution in [0.25, 0.3) is 0 Å². The first-order valence-corrected chi connectivity index (χ1v) is 10.9. The van der Waals surface area contributed by atoms with Gasteiger partial charge in [-0.15, -0.1) is 0 Å². The molecule has 2 heterocycles. The van der Waals surface area contributed by atoms with Crippen LogP contribution in [-0.2, 0) is 17.8 Å². The van der Waals surface area contributed by atoms with E-state index in [1.165, 1.54) is 11.1 Å². The Bertz CT molecular complexity index is 674. The number of carbonyl (C=O) groups excluding carboxylic acids is 1. The Kier molecular flexibility index (Phi) is 7.19.